The van der Waals surface area contributed by atoms with Gasteiger partial charge >= 0.3 is 11.0 Å². The molecular weight excluding hydrogens is 378 g/mol. The molecular formula is C13H8BrNO6S. The zero-order valence-corrected chi connectivity index (χ0v) is 13.3. The van der Waals surface area contributed by atoms with Gasteiger partial charge in [-0.2, -0.15) is 0 Å². The highest BCUT2D eigenvalue weighted by atomic mass is 79.9. The lowest BCUT2D eigenvalue weighted by molar-refractivity contribution is -0.380. The van der Waals surface area contributed by atoms with Crippen molar-refractivity contribution in [3.8, 4) is 11.5 Å². The summed E-state index contributed by atoms with van der Waals surface area (Å²) in [5.41, 5.74) is 0.712. The fourth-order valence-corrected chi connectivity index (χ4v) is 2.97. The SMILES string of the molecule is O=C(OCc1cc2c(cc1Br)OCO2)c1ccc([N+](=O)[O-])s1. The van der Waals surface area contributed by atoms with Gasteiger partial charge in [-0.15, -0.1) is 0 Å². The van der Waals surface area contributed by atoms with E-state index >= 15 is 0 Å². The van der Waals surface area contributed by atoms with Gasteiger partial charge in [0.05, 0.1) is 4.92 Å². The van der Waals surface area contributed by atoms with Crippen LogP contribution in [0.25, 0.3) is 0 Å². The molecule has 0 N–H and O–H groups in total. The first-order chi connectivity index (χ1) is 10.5. The van der Waals surface area contributed by atoms with Crippen LogP contribution in [-0.4, -0.2) is 17.7 Å². The second-order valence-electron chi connectivity index (χ2n) is 4.27. The zero-order chi connectivity index (χ0) is 15.7. The Morgan fingerprint density at radius 1 is 1.36 bits per heavy atom. The molecule has 0 spiro atoms. The molecule has 114 valence electrons. The second-order valence-corrected chi connectivity index (χ2v) is 6.18. The van der Waals surface area contributed by atoms with Crippen molar-refractivity contribution in [2.24, 2.45) is 0 Å². The van der Waals surface area contributed by atoms with Gasteiger partial charge in [-0.3, -0.25) is 10.1 Å². The predicted octanol–water partition coefficient (Wildman–Crippen LogP) is 3.50. The topological polar surface area (TPSA) is 87.9 Å². The number of rotatable bonds is 4. The first-order valence-electron chi connectivity index (χ1n) is 6.04. The van der Waals surface area contributed by atoms with Crippen molar-refractivity contribution >= 4 is 38.2 Å². The Morgan fingerprint density at radius 2 is 2.09 bits per heavy atom. The van der Waals surface area contributed by atoms with Gasteiger partial charge in [0.15, 0.2) is 11.5 Å². The Kier molecular flexibility index (Phi) is 3.99. The molecule has 0 fully saturated rings. The van der Waals surface area contributed by atoms with Crippen LogP contribution in [0.15, 0.2) is 28.7 Å². The van der Waals surface area contributed by atoms with E-state index in [1.165, 1.54) is 12.1 Å². The molecule has 0 atom stereocenters. The van der Waals surface area contributed by atoms with Crippen LogP contribution in [0.4, 0.5) is 5.00 Å². The standard InChI is InChI=1S/C13H8BrNO6S/c14-8-4-10-9(20-6-21-10)3-7(8)5-19-13(16)11-1-2-12(22-11)15(17)18/h1-4H,5-6H2. The van der Waals surface area contributed by atoms with E-state index in [-0.39, 0.29) is 23.3 Å². The lowest BCUT2D eigenvalue weighted by Gasteiger charge is -2.07. The van der Waals surface area contributed by atoms with Crippen LogP contribution in [0.5, 0.6) is 11.5 Å². The minimum atomic E-state index is -0.609. The van der Waals surface area contributed by atoms with Crippen LogP contribution in [0.3, 0.4) is 0 Å². The molecule has 0 amide bonds. The van der Waals surface area contributed by atoms with Gasteiger partial charge in [-0.1, -0.05) is 27.3 Å². The van der Waals surface area contributed by atoms with Crippen LogP contribution in [0, 0.1) is 10.1 Å². The minimum absolute atomic E-state index is 0.0156. The third-order valence-electron chi connectivity index (χ3n) is 2.87. The first-order valence-corrected chi connectivity index (χ1v) is 7.65. The molecule has 7 nitrogen and oxygen atoms in total. The van der Waals surface area contributed by atoms with Crippen LogP contribution >= 0.6 is 27.3 Å². The first kappa shape index (κ1) is 14.8. The minimum Gasteiger partial charge on any atom is -0.457 e. The Morgan fingerprint density at radius 3 is 2.77 bits per heavy atom. The lowest BCUT2D eigenvalue weighted by atomic mass is 10.2. The number of ether oxygens (including phenoxy) is 3. The maximum absolute atomic E-state index is 11.9. The number of nitrogens with zero attached hydrogens (tertiary/aromatic N) is 1. The van der Waals surface area contributed by atoms with Crippen molar-refractivity contribution in [3.63, 3.8) is 0 Å². The predicted molar refractivity (Wildman–Crippen MR) is 80.4 cm³/mol. The van der Waals surface area contributed by atoms with Gasteiger partial charge in [0.25, 0.3) is 0 Å². The smallest absolute Gasteiger partial charge is 0.348 e. The zero-order valence-electron chi connectivity index (χ0n) is 10.9. The van der Waals surface area contributed by atoms with Gasteiger partial charge in [0, 0.05) is 16.1 Å². The van der Waals surface area contributed by atoms with Gasteiger partial charge in [0.2, 0.25) is 6.79 Å². The van der Waals surface area contributed by atoms with Crippen LogP contribution in [-0.2, 0) is 11.3 Å². The summed E-state index contributed by atoms with van der Waals surface area (Å²) in [5.74, 6) is 0.597. The molecule has 2 heterocycles. The molecule has 0 saturated heterocycles. The van der Waals surface area contributed by atoms with Gasteiger partial charge in [0.1, 0.15) is 11.5 Å². The monoisotopic (exact) mass is 385 g/mol. The summed E-state index contributed by atoms with van der Waals surface area (Å²) < 4.78 is 16.4. The van der Waals surface area contributed by atoms with E-state index in [0.717, 1.165) is 15.8 Å². The number of hydrogen-bond acceptors (Lipinski definition) is 7. The van der Waals surface area contributed by atoms with E-state index in [2.05, 4.69) is 15.9 Å². The molecule has 1 aromatic heterocycles. The fraction of sp³-hybridized carbons (Fsp3) is 0.154. The van der Waals surface area contributed by atoms with Crippen LogP contribution < -0.4 is 9.47 Å². The van der Waals surface area contributed by atoms with E-state index in [4.69, 9.17) is 14.2 Å². The fourth-order valence-electron chi connectivity index (χ4n) is 1.82. The molecule has 2 aromatic rings. The number of fused-ring (bicyclic) bond motifs is 1. The quantitative estimate of drug-likeness (QED) is 0.454. The Labute approximate surface area is 136 Å². The van der Waals surface area contributed by atoms with Crippen LogP contribution in [0.1, 0.15) is 15.2 Å². The van der Waals surface area contributed by atoms with Crippen molar-refractivity contribution in [2.75, 3.05) is 6.79 Å². The highest BCUT2D eigenvalue weighted by Crippen LogP contribution is 2.37. The molecule has 0 unspecified atom stereocenters. The molecule has 1 aromatic carbocycles. The van der Waals surface area contributed by atoms with Gasteiger partial charge in [-0.05, 0) is 18.2 Å². The number of carbonyl (C=O) groups is 1. The molecule has 0 bridgehead atoms. The third-order valence-corrected chi connectivity index (χ3v) is 4.63. The summed E-state index contributed by atoms with van der Waals surface area (Å²) in [6.07, 6.45) is 0. The summed E-state index contributed by atoms with van der Waals surface area (Å²) in [4.78, 5) is 22.1. The van der Waals surface area contributed by atoms with E-state index in [9.17, 15) is 14.9 Å². The van der Waals surface area contributed by atoms with E-state index < -0.39 is 10.9 Å². The van der Waals surface area contributed by atoms with Crippen molar-refractivity contribution in [1.82, 2.24) is 0 Å². The molecule has 3 rings (SSSR count). The number of nitro groups is 1. The Bertz CT molecular complexity index is 759. The van der Waals surface area contributed by atoms with E-state index in [1.807, 2.05) is 0 Å². The average Bonchev–Trinajstić information content (AvgIpc) is 3.13. The molecule has 9 heteroatoms. The normalized spacial score (nSPS) is 12.2. The molecule has 22 heavy (non-hydrogen) atoms. The number of halogens is 1. The largest absolute Gasteiger partial charge is 0.457 e. The lowest BCUT2D eigenvalue weighted by Crippen LogP contribution is -2.03. The summed E-state index contributed by atoms with van der Waals surface area (Å²) in [6.45, 7) is 0.172. The number of hydrogen-bond donors (Lipinski definition) is 0. The number of thiophene rings is 1. The number of esters is 1. The summed E-state index contributed by atoms with van der Waals surface area (Å²) in [5, 5.41) is 10.5. The van der Waals surface area contributed by atoms with Gasteiger partial charge in [-0.25, -0.2) is 4.79 Å². The van der Waals surface area contributed by atoms with E-state index in [1.54, 1.807) is 12.1 Å². The van der Waals surface area contributed by atoms with Crippen molar-refractivity contribution in [1.29, 1.82) is 0 Å². The van der Waals surface area contributed by atoms with Crippen molar-refractivity contribution in [3.05, 3.63) is 49.3 Å². The molecule has 1 aliphatic rings. The maximum atomic E-state index is 11.9. The molecule has 1 aliphatic heterocycles. The van der Waals surface area contributed by atoms with Crippen LogP contribution in [0.2, 0.25) is 0 Å². The Hall–Kier alpha value is -2.13. The highest BCUT2D eigenvalue weighted by molar-refractivity contribution is 9.10. The van der Waals surface area contributed by atoms with Crippen molar-refractivity contribution < 1.29 is 23.9 Å². The molecule has 0 saturated carbocycles. The van der Waals surface area contributed by atoms with E-state index in [0.29, 0.717) is 17.1 Å². The summed E-state index contributed by atoms with van der Waals surface area (Å²) in [6, 6.07) is 6.11. The number of carbonyl (C=O) groups excluding carboxylic acids is 1. The average molecular weight is 386 g/mol. The maximum Gasteiger partial charge on any atom is 0.348 e. The highest BCUT2D eigenvalue weighted by Gasteiger charge is 2.19. The summed E-state index contributed by atoms with van der Waals surface area (Å²) >= 11 is 4.14. The third kappa shape index (κ3) is 2.90. The number of benzene rings is 1. The Balaban J connectivity index is 1.69. The summed E-state index contributed by atoms with van der Waals surface area (Å²) in [7, 11) is 0. The van der Waals surface area contributed by atoms with Crippen molar-refractivity contribution in [2.45, 2.75) is 6.61 Å². The van der Waals surface area contributed by atoms with Gasteiger partial charge < -0.3 is 14.2 Å². The molecule has 0 aliphatic carbocycles. The second kappa shape index (κ2) is 5.93. The molecule has 0 radical (unpaired) electrons.